The van der Waals surface area contributed by atoms with Crippen LogP contribution in [0.4, 0.5) is 0 Å². The third-order valence-corrected chi connectivity index (χ3v) is 3.49. The number of aromatic nitrogens is 2. The first-order chi connectivity index (χ1) is 10.0. The minimum absolute atomic E-state index is 0.0719. The van der Waals surface area contributed by atoms with Crippen molar-refractivity contribution < 1.29 is 4.42 Å². The molecule has 0 saturated heterocycles. The van der Waals surface area contributed by atoms with E-state index in [1.807, 2.05) is 29.1 Å². The molecule has 0 saturated carbocycles. The predicted molar refractivity (Wildman–Crippen MR) is 84.1 cm³/mol. The summed E-state index contributed by atoms with van der Waals surface area (Å²) in [7, 11) is 0. The number of nitrogens with zero attached hydrogens (tertiary/aromatic N) is 2. The van der Waals surface area contributed by atoms with Crippen LogP contribution in [0.25, 0.3) is 10.9 Å². The topological polar surface area (TPSA) is 43.0 Å². The Morgan fingerprint density at radius 1 is 1.19 bits per heavy atom. The van der Waals surface area contributed by atoms with Crippen molar-refractivity contribution in [3.05, 3.63) is 54.1 Å². The van der Waals surface area contributed by atoms with Gasteiger partial charge in [0, 0.05) is 16.5 Å². The van der Waals surface area contributed by atoms with Crippen LogP contribution in [0.3, 0.4) is 0 Å². The largest absolute Gasteiger partial charge is 0.468 e. The predicted octanol–water partition coefficient (Wildman–Crippen LogP) is 3.57. The van der Waals surface area contributed by atoms with Gasteiger partial charge in [0.15, 0.2) is 0 Å². The number of furan rings is 1. The molecule has 1 aromatic carbocycles. The van der Waals surface area contributed by atoms with Crippen LogP contribution in [0.5, 0.6) is 0 Å². The quantitative estimate of drug-likeness (QED) is 0.796. The first-order valence-corrected chi connectivity index (χ1v) is 7.24. The van der Waals surface area contributed by atoms with Gasteiger partial charge in [0.05, 0.1) is 31.1 Å². The summed E-state index contributed by atoms with van der Waals surface area (Å²) in [6, 6.07) is 10.3. The molecular weight excluding hydrogens is 262 g/mol. The number of fused-ring (bicyclic) bond motifs is 1. The van der Waals surface area contributed by atoms with E-state index < -0.39 is 0 Å². The van der Waals surface area contributed by atoms with Gasteiger partial charge in [-0.2, -0.15) is 5.10 Å². The van der Waals surface area contributed by atoms with Crippen LogP contribution in [-0.4, -0.2) is 15.3 Å². The molecule has 3 aromatic rings. The van der Waals surface area contributed by atoms with Gasteiger partial charge in [-0.05, 0) is 32.9 Å². The van der Waals surface area contributed by atoms with Crippen LogP contribution in [-0.2, 0) is 13.1 Å². The maximum Gasteiger partial charge on any atom is 0.122 e. The van der Waals surface area contributed by atoms with Crippen LogP contribution in [0.15, 0.2) is 47.2 Å². The minimum atomic E-state index is 0.0719. The Morgan fingerprint density at radius 2 is 2.00 bits per heavy atom. The van der Waals surface area contributed by atoms with E-state index in [2.05, 4.69) is 43.3 Å². The second-order valence-electron chi connectivity index (χ2n) is 6.33. The van der Waals surface area contributed by atoms with E-state index in [0.29, 0.717) is 0 Å². The summed E-state index contributed by atoms with van der Waals surface area (Å²) in [5.41, 5.74) is 2.39. The van der Waals surface area contributed by atoms with Gasteiger partial charge in [0.2, 0.25) is 0 Å². The zero-order valence-electron chi connectivity index (χ0n) is 12.8. The van der Waals surface area contributed by atoms with Crippen molar-refractivity contribution in [1.29, 1.82) is 0 Å². The molecule has 2 aromatic heterocycles. The molecule has 0 fully saturated rings. The first-order valence-electron chi connectivity index (χ1n) is 7.24. The molecular formula is C17H21N3O. The molecule has 4 heteroatoms. The molecule has 0 aliphatic rings. The average molecular weight is 283 g/mol. The van der Waals surface area contributed by atoms with Crippen molar-refractivity contribution in [3.8, 4) is 0 Å². The van der Waals surface area contributed by atoms with Gasteiger partial charge in [0.1, 0.15) is 5.76 Å². The molecule has 0 aliphatic heterocycles. The van der Waals surface area contributed by atoms with E-state index in [1.54, 1.807) is 6.26 Å². The molecule has 0 aliphatic carbocycles. The van der Waals surface area contributed by atoms with E-state index in [4.69, 9.17) is 4.42 Å². The monoisotopic (exact) mass is 283 g/mol. The highest BCUT2D eigenvalue weighted by Crippen LogP contribution is 2.18. The maximum atomic E-state index is 5.62. The molecule has 0 unspecified atom stereocenters. The molecule has 3 rings (SSSR count). The molecule has 0 atom stereocenters. The van der Waals surface area contributed by atoms with Crippen molar-refractivity contribution in [1.82, 2.24) is 15.1 Å². The van der Waals surface area contributed by atoms with E-state index in [9.17, 15) is 0 Å². The normalized spacial score (nSPS) is 12.1. The fraction of sp³-hybridized carbons (Fsp3) is 0.353. The van der Waals surface area contributed by atoms with Crippen molar-refractivity contribution in [2.45, 2.75) is 39.4 Å². The molecule has 0 radical (unpaired) electrons. The lowest BCUT2D eigenvalue weighted by Gasteiger charge is -2.20. The number of hydrogen-bond acceptors (Lipinski definition) is 3. The van der Waals surface area contributed by atoms with Gasteiger partial charge >= 0.3 is 0 Å². The van der Waals surface area contributed by atoms with Crippen LogP contribution in [0.1, 0.15) is 32.1 Å². The van der Waals surface area contributed by atoms with E-state index in [1.165, 1.54) is 5.56 Å². The lowest BCUT2D eigenvalue weighted by atomic mass is 10.1. The summed E-state index contributed by atoms with van der Waals surface area (Å²) in [6.45, 7) is 7.90. The van der Waals surface area contributed by atoms with Crippen molar-refractivity contribution >= 4 is 10.9 Å². The van der Waals surface area contributed by atoms with Gasteiger partial charge in [0.25, 0.3) is 0 Å². The average Bonchev–Trinajstić information content (AvgIpc) is 3.04. The third kappa shape index (κ3) is 3.16. The lowest BCUT2D eigenvalue weighted by molar-refractivity contribution is 0.385. The van der Waals surface area contributed by atoms with Gasteiger partial charge in [-0.25, -0.2) is 0 Å². The standard InChI is InChI=1S/C17H21N3O/c1-17(2,3)18-11-16-14(8-9-21-16)12-20-15-7-5-4-6-13(15)10-19-20/h4-10,18H,11-12H2,1-3H3. The summed E-state index contributed by atoms with van der Waals surface area (Å²) in [5.74, 6) is 0.976. The third-order valence-electron chi connectivity index (χ3n) is 3.49. The van der Waals surface area contributed by atoms with Gasteiger partial charge in [-0.3, -0.25) is 4.68 Å². The summed E-state index contributed by atoms with van der Waals surface area (Å²) in [5, 5.41) is 9.10. The Bertz CT molecular complexity index is 734. The Hall–Kier alpha value is -2.07. The number of benzene rings is 1. The zero-order valence-corrected chi connectivity index (χ0v) is 12.8. The number of hydrogen-bond donors (Lipinski definition) is 1. The van der Waals surface area contributed by atoms with Crippen molar-refractivity contribution in [2.75, 3.05) is 0 Å². The Morgan fingerprint density at radius 3 is 2.81 bits per heavy atom. The molecule has 1 N–H and O–H groups in total. The Balaban J connectivity index is 1.81. The molecule has 21 heavy (non-hydrogen) atoms. The Labute approximate surface area is 124 Å². The number of nitrogens with one attached hydrogen (secondary N) is 1. The van der Waals surface area contributed by atoms with Crippen LogP contribution >= 0.6 is 0 Å². The highest BCUT2D eigenvalue weighted by molar-refractivity contribution is 5.78. The molecule has 2 heterocycles. The summed E-state index contributed by atoms with van der Waals surface area (Å²) in [6.07, 6.45) is 3.66. The van der Waals surface area contributed by atoms with E-state index >= 15 is 0 Å². The minimum Gasteiger partial charge on any atom is -0.468 e. The number of para-hydroxylation sites is 1. The molecule has 0 spiro atoms. The fourth-order valence-electron chi connectivity index (χ4n) is 2.32. The molecule has 0 bridgehead atoms. The van der Waals surface area contributed by atoms with E-state index in [0.717, 1.165) is 29.8 Å². The smallest absolute Gasteiger partial charge is 0.122 e. The second-order valence-corrected chi connectivity index (χ2v) is 6.33. The van der Waals surface area contributed by atoms with Crippen molar-refractivity contribution in [2.24, 2.45) is 0 Å². The molecule has 4 nitrogen and oxygen atoms in total. The van der Waals surface area contributed by atoms with Gasteiger partial charge in [-0.15, -0.1) is 0 Å². The van der Waals surface area contributed by atoms with Crippen molar-refractivity contribution in [3.63, 3.8) is 0 Å². The summed E-state index contributed by atoms with van der Waals surface area (Å²) in [4.78, 5) is 0. The summed E-state index contributed by atoms with van der Waals surface area (Å²) < 4.78 is 7.63. The zero-order chi connectivity index (χ0) is 14.9. The van der Waals surface area contributed by atoms with Gasteiger partial charge in [-0.1, -0.05) is 18.2 Å². The highest BCUT2D eigenvalue weighted by Gasteiger charge is 2.13. The van der Waals surface area contributed by atoms with Crippen LogP contribution < -0.4 is 5.32 Å². The summed E-state index contributed by atoms with van der Waals surface area (Å²) >= 11 is 0. The molecule has 110 valence electrons. The fourth-order valence-corrected chi connectivity index (χ4v) is 2.32. The maximum absolute atomic E-state index is 5.62. The number of rotatable bonds is 4. The molecule has 0 amide bonds. The Kier molecular flexibility index (Phi) is 3.55. The van der Waals surface area contributed by atoms with Gasteiger partial charge < -0.3 is 9.73 Å². The second kappa shape index (κ2) is 5.37. The highest BCUT2D eigenvalue weighted by atomic mass is 16.3. The van der Waals surface area contributed by atoms with Crippen LogP contribution in [0.2, 0.25) is 0 Å². The van der Waals surface area contributed by atoms with Crippen LogP contribution in [0, 0.1) is 0 Å². The van der Waals surface area contributed by atoms with E-state index in [-0.39, 0.29) is 5.54 Å². The first kappa shape index (κ1) is 13.9. The lowest BCUT2D eigenvalue weighted by Crippen LogP contribution is -2.35. The SMILES string of the molecule is CC(C)(C)NCc1occc1Cn1ncc2ccccc21.